The molecule has 0 N–H and O–H groups in total. The third kappa shape index (κ3) is 5.53. The molecular formula is C30H26ClN3O7S. The van der Waals surface area contributed by atoms with Gasteiger partial charge in [-0.3, -0.25) is 19.5 Å². The number of esters is 1. The van der Waals surface area contributed by atoms with E-state index in [0.717, 1.165) is 17.8 Å². The SMILES string of the molecule is CCCC1=C(C(=O)OCC)C(c2cccc(OC)c2)n2c(s/c(=C\c3ccc(-c4ccc(Cl)cc4[N+](=O)[O-])o3)c2=O)=N1. The Hall–Kier alpha value is -4.48. The Kier molecular flexibility index (Phi) is 8.41. The van der Waals surface area contributed by atoms with Crippen molar-refractivity contribution in [2.45, 2.75) is 32.7 Å². The topological polar surface area (TPSA) is 126 Å². The highest BCUT2D eigenvalue weighted by molar-refractivity contribution is 7.07. The molecule has 5 rings (SSSR count). The van der Waals surface area contributed by atoms with Crippen LogP contribution < -0.4 is 19.6 Å². The molecule has 1 unspecified atom stereocenters. The minimum atomic E-state index is -0.789. The minimum Gasteiger partial charge on any atom is -0.497 e. The Morgan fingerprint density at radius 3 is 2.74 bits per heavy atom. The highest BCUT2D eigenvalue weighted by Crippen LogP contribution is 2.35. The van der Waals surface area contributed by atoms with E-state index in [1.165, 1.54) is 22.8 Å². The maximum Gasteiger partial charge on any atom is 0.338 e. The molecule has 2 aromatic carbocycles. The van der Waals surface area contributed by atoms with Crippen molar-refractivity contribution in [2.24, 2.45) is 4.99 Å². The number of benzene rings is 2. The van der Waals surface area contributed by atoms with Gasteiger partial charge in [0.25, 0.3) is 11.2 Å². The number of allylic oxidation sites excluding steroid dienone is 1. The molecule has 1 aliphatic rings. The third-order valence-corrected chi connectivity index (χ3v) is 7.84. The Labute approximate surface area is 248 Å². The number of nitrogens with zero attached hydrogens (tertiary/aromatic N) is 3. The number of rotatable bonds is 9. The molecular weight excluding hydrogens is 582 g/mol. The molecule has 0 spiro atoms. The summed E-state index contributed by atoms with van der Waals surface area (Å²) in [5.41, 5.74) is 1.22. The van der Waals surface area contributed by atoms with Crippen LogP contribution in [0.5, 0.6) is 5.75 Å². The van der Waals surface area contributed by atoms with Crippen molar-refractivity contribution in [2.75, 3.05) is 13.7 Å². The van der Waals surface area contributed by atoms with E-state index < -0.39 is 16.9 Å². The lowest BCUT2D eigenvalue weighted by Crippen LogP contribution is -2.40. The first-order valence-electron chi connectivity index (χ1n) is 13.2. The summed E-state index contributed by atoms with van der Waals surface area (Å²) in [7, 11) is 1.55. The van der Waals surface area contributed by atoms with E-state index in [1.54, 1.807) is 50.4 Å². The molecule has 0 fully saturated rings. The molecule has 0 bridgehead atoms. The molecule has 1 aliphatic heterocycles. The van der Waals surface area contributed by atoms with E-state index in [4.69, 9.17) is 30.5 Å². The van der Waals surface area contributed by atoms with Gasteiger partial charge in [0.05, 0.1) is 46.0 Å². The average molecular weight is 608 g/mol. The van der Waals surface area contributed by atoms with Crippen LogP contribution in [-0.4, -0.2) is 29.2 Å². The van der Waals surface area contributed by atoms with Gasteiger partial charge in [-0.2, -0.15) is 0 Å². The van der Waals surface area contributed by atoms with Gasteiger partial charge in [0, 0.05) is 17.2 Å². The zero-order valence-corrected chi connectivity index (χ0v) is 24.5. The Bertz CT molecular complexity index is 1900. The van der Waals surface area contributed by atoms with E-state index in [0.29, 0.717) is 44.1 Å². The minimum absolute atomic E-state index is 0.170. The molecule has 0 saturated carbocycles. The summed E-state index contributed by atoms with van der Waals surface area (Å²) in [4.78, 5) is 43.5. The maximum absolute atomic E-state index is 13.9. The van der Waals surface area contributed by atoms with Crippen LogP contribution in [0.15, 0.2) is 80.1 Å². The van der Waals surface area contributed by atoms with Crippen LogP contribution in [0.25, 0.3) is 17.4 Å². The third-order valence-electron chi connectivity index (χ3n) is 6.62. The number of ether oxygens (including phenoxy) is 2. The number of hydrogen-bond donors (Lipinski definition) is 0. The summed E-state index contributed by atoms with van der Waals surface area (Å²) in [6, 6.07) is 13.9. The standard InChI is InChI=1S/C30H26ClN3O7S/c1-4-7-22-26(29(36)40-5-2)27(17-8-6-9-19(14-17)39-3)33-28(35)25(42-30(33)32-22)16-20-11-13-24(41-20)21-12-10-18(31)15-23(21)34(37)38/h6,8-16,27H,4-5,7H2,1-3H3/b25-16-. The van der Waals surface area contributed by atoms with Crippen molar-refractivity contribution >= 4 is 40.7 Å². The van der Waals surface area contributed by atoms with Crippen LogP contribution >= 0.6 is 22.9 Å². The predicted octanol–water partition coefficient (Wildman–Crippen LogP) is 5.41. The van der Waals surface area contributed by atoms with Gasteiger partial charge in [-0.25, -0.2) is 9.79 Å². The smallest absolute Gasteiger partial charge is 0.338 e. The molecule has 1 atom stereocenters. The molecule has 42 heavy (non-hydrogen) atoms. The zero-order valence-electron chi connectivity index (χ0n) is 23.0. The van der Waals surface area contributed by atoms with Crippen LogP contribution in [0.2, 0.25) is 5.02 Å². The van der Waals surface area contributed by atoms with E-state index >= 15 is 0 Å². The van der Waals surface area contributed by atoms with Crippen LogP contribution in [0, 0.1) is 10.1 Å². The van der Waals surface area contributed by atoms with Crippen LogP contribution in [-0.2, 0) is 9.53 Å². The van der Waals surface area contributed by atoms with Crippen molar-refractivity contribution < 1.29 is 23.6 Å². The number of halogens is 1. The van der Waals surface area contributed by atoms with Crippen LogP contribution in [0.3, 0.4) is 0 Å². The summed E-state index contributed by atoms with van der Waals surface area (Å²) in [6.45, 7) is 3.88. The number of nitro groups is 1. The molecule has 0 radical (unpaired) electrons. The number of fused-ring (bicyclic) bond motifs is 1. The largest absolute Gasteiger partial charge is 0.497 e. The predicted molar refractivity (Wildman–Crippen MR) is 158 cm³/mol. The summed E-state index contributed by atoms with van der Waals surface area (Å²) in [6.07, 6.45) is 2.81. The fraction of sp³-hybridized carbons (Fsp3) is 0.233. The molecule has 2 aromatic heterocycles. The number of hydrogen-bond acceptors (Lipinski definition) is 9. The Balaban J connectivity index is 1.68. The first-order chi connectivity index (χ1) is 20.2. The van der Waals surface area contributed by atoms with Crippen molar-refractivity contribution in [3.05, 3.63) is 112 Å². The first-order valence-corrected chi connectivity index (χ1v) is 14.3. The number of nitro benzene ring substituents is 1. The lowest BCUT2D eigenvalue weighted by Gasteiger charge is -2.26. The van der Waals surface area contributed by atoms with E-state index in [9.17, 15) is 19.7 Å². The van der Waals surface area contributed by atoms with Gasteiger partial charge in [-0.05, 0) is 55.3 Å². The summed E-state index contributed by atoms with van der Waals surface area (Å²) in [5, 5.41) is 11.8. The van der Waals surface area contributed by atoms with Gasteiger partial charge in [-0.15, -0.1) is 0 Å². The molecule has 0 aliphatic carbocycles. The van der Waals surface area contributed by atoms with Gasteiger partial charge < -0.3 is 13.9 Å². The fourth-order valence-corrected chi connectivity index (χ4v) is 5.98. The molecule has 10 nitrogen and oxygen atoms in total. The second-order valence-corrected chi connectivity index (χ2v) is 10.8. The van der Waals surface area contributed by atoms with Crippen molar-refractivity contribution in [3.8, 4) is 17.1 Å². The number of thiazole rings is 1. The van der Waals surface area contributed by atoms with Gasteiger partial charge in [0.1, 0.15) is 17.3 Å². The quantitative estimate of drug-likeness (QED) is 0.141. The van der Waals surface area contributed by atoms with Crippen molar-refractivity contribution in [3.63, 3.8) is 0 Å². The van der Waals surface area contributed by atoms with Crippen molar-refractivity contribution in [1.29, 1.82) is 0 Å². The van der Waals surface area contributed by atoms with Gasteiger partial charge in [0.2, 0.25) is 0 Å². The van der Waals surface area contributed by atoms with E-state index in [-0.39, 0.29) is 34.2 Å². The number of furan rings is 1. The highest BCUT2D eigenvalue weighted by atomic mass is 35.5. The number of aromatic nitrogens is 1. The molecule has 216 valence electrons. The summed E-state index contributed by atoms with van der Waals surface area (Å²) in [5.74, 6) is 0.607. The Morgan fingerprint density at radius 1 is 1.21 bits per heavy atom. The molecule has 12 heteroatoms. The monoisotopic (exact) mass is 607 g/mol. The van der Waals surface area contributed by atoms with Crippen LogP contribution in [0.1, 0.15) is 44.1 Å². The summed E-state index contributed by atoms with van der Waals surface area (Å²) < 4.78 is 18.6. The number of carbonyl (C=O) groups excluding carboxylic acids is 1. The maximum atomic E-state index is 13.9. The normalized spacial score (nSPS) is 14.9. The fourth-order valence-electron chi connectivity index (χ4n) is 4.82. The van der Waals surface area contributed by atoms with Gasteiger partial charge in [0.15, 0.2) is 4.80 Å². The highest BCUT2D eigenvalue weighted by Gasteiger charge is 2.34. The molecule has 0 amide bonds. The number of methoxy groups -OCH3 is 1. The van der Waals surface area contributed by atoms with Crippen molar-refractivity contribution in [1.82, 2.24) is 4.57 Å². The van der Waals surface area contributed by atoms with Gasteiger partial charge in [-0.1, -0.05) is 48.4 Å². The van der Waals surface area contributed by atoms with Gasteiger partial charge >= 0.3 is 5.97 Å². The average Bonchev–Trinajstić information content (AvgIpc) is 3.56. The zero-order chi connectivity index (χ0) is 30.0. The summed E-state index contributed by atoms with van der Waals surface area (Å²) >= 11 is 7.12. The van der Waals surface area contributed by atoms with E-state index in [1.807, 2.05) is 13.0 Å². The van der Waals surface area contributed by atoms with E-state index in [2.05, 4.69) is 0 Å². The Morgan fingerprint density at radius 2 is 2.02 bits per heavy atom. The van der Waals surface area contributed by atoms with Crippen LogP contribution in [0.4, 0.5) is 5.69 Å². The molecule has 0 saturated heterocycles. The second kappa shape index (κ2) is 12.2. The molecule has 3 heterocycles. The first kappa shape index (κ1) is 29.0. The second-order valence-electron chi connectivity index (χ2n) is 9.31. The molecule has 4 aromatic rings. The number of carbonyl (C=O) groups is 1. The lowest BCUT2D eigenvalue weighted by molar-refractivity contribution is -0.384. The lowest BCUT2D eigenvalue weighted by atomic mass is 9.94.